The zero-order valence-electron chi connectivity index (χ0n) is 15.3. The highest BCUT2D eigenvalue weighted by atomic mass is 16.2. The number of hydrogen-bond acceptors (Lipinski definition) is 3. The van der Waals surface area contributed by atoms with Gasteiger partial charge in [-0.15, -0.1) is 0 Å². The molecule has 27 heavy (non-hydrogen) atoms. The minimum Gasteiger partial charge on any atom is -0.336 e. The Bertz CT molecular complexity index is 955. The number of anilines is 1. The van der Waals surface area contributed by atoms with Gasteiger partial charge in [0, 0.05) is 19.3 Å². The highest BCUT2D eigenvalue weighted by Crippen LogP contribution is 2.12. The van der Waals surface area contributed by atoms with E-state index in [-0.39, 0.29) is 23.2 Å². The van der Waals surface area contributed by atoms with Crippen molar-refractivity contribution in [2.45, 2.75) is 13.5 Å². The Morgan fingerprint density at radius 2 is 1.63 bits per heavy atom. The van der Waals surface area contributed by atoms with Crippen LogP contribution in [-0.2, 0) is 6.54 Å². The quantitative estimate of drug-likeness (QED) is 0.751. The minimum atomic E-state index is -0.346. The van der Waals surface area contributed by atoms with E-state index in [1.807, 2.05) is 61.5 Å². The second kappa shape index (κ2) is 8.27. The number of amides is 2. The van der Waals surface area contributed by atoms with Crippen molar-refractivity contribution in [2.24, 2.45) is 0 Å². The monoisotopic (exact) mass is 359 g/mol. The minimum absolute atomic E-state index is 0.204. The maximum absolute atomic E-state index is 12.7. The van der Waals surface area contributed by atoms with Crippen molar-refractivity contribution in [1.29, 1.82) is 0 Å². The van der Waals surface area contributed by atoms with Gasteiger partial charge in [0.05, 0.1) is 0 Å². The van der Waals surface area contributed by atoms with E-state index in [9.17, 15) is 9.59 Å². The molecule has 0 bridgehead atoms. The molecule has 2 aromatic carbocycles. The molecule has 2 amide bonds. The van der Waals surface area contributed by atoms with Gasteiger partial charge in [-0.3, -0.25) is 9.59 Å². The van der Waals surface area contributed by atoms with Crippen molar-refractivity contribution in [1.82, 2.24) is 9.88 Å². The smallest absolute Gasteiger partial charge is 0.274 e. The first-order valence-electron chi connectivity index (χ1n) is 8.67. The van der Waals surface area contributed by atoms with Gasteiger partial charge in [-0.1, -0.05) is 48.5 Å². The van der Waals surface area contributed by atoms with Gasteiger partial charge >= 0.3 is 0 Å². The molecule has 3 rings (SSSR count). The fourth-order valence-electron chi connectivity index (χ4n) is 2.72. The van der Waals surface area contributed by atoms with E-state index in [1.165, 1.54) is 0 Å². The van der Waals surface area contributed by atoms with Crippen LogP contribution < -0.4 is 5.32 Å². The molecule has 5 nitrogen and oxygen atoms in total. The Hall–Kier alpha value is -3.47. The highest BCUT2D eigenvalue weighted by molar-refractivity contribution is 6.03. The molecule has 0 saturated heterocycles. The molecule has 0 radical (unpaired) electrons. The third-order valence-corrected chi connectivity index (χ3v) is 4.09. The number of hydrogen-bond donors (Lipinski definition) is 1. The molecule has 1 aromatic heterocycles. The summed E-state index contributed by atoms with van der Waals surface area (Å²) in [5.74, 6) is -0.579. The van der Waals surface area contributed by atoms with Crippen LogP contribution in [0.15, 0.2) is 72.8 Å². The molecule has 0 saturated carbocycles. The average Bonchev–Trinajstić information content (AvgIpc) is 2.68. The molecule has 0 aliphatic rings. The number of nitrogens with one attached hydrogen (secondary N) is 1. The molecule has 136 valence electrons. The van der Waals surface area contributed by atoms with Gasteiger partial charge in [0.1, 0.15) is 11.4 Å². The summed E-state index contributed by atoms with van der Waals surface area (Å²) < 4.78 is 0. The number of benzene rings is 2. The molecule has 0 atom stereocenters. The Morgan fingerprint density at radius 3 is 2.37 bits per heavy atom. The molecule has 0 fully saturated rings. The number of carbonyl (C=O) groups is 2. The number of pyridine rings is 1. The van der Waals surface area contributed by atoms with E-state index in [0.717, 1.165) is 11.1 Å². The van der Waals surface area contributed by atoms with Gasteiger partial charge < -0.3 is 10.2 Å². The summed E-state index contributed by atoms with van der Waals surface area (Å²) >= 11 is 0. The van der Waals surface area contributed by atoms with E-state index < -0.39 is 0 Å². The Morgan fingerprint density at radius 1 is 0.926 bits per heavy atom. The standard InChI is InChI=1S/C22H21N3O2/c1-16-8-6-11-18(14-16)23-21(26)19-12-7-13-20(24-19)22(27)25(2)15-17-9-4-3-5-10-17/h3-14H,15H2,1-2H3,(H,23,26). The van der Waals surface area contributed by atoms with Crippen molar-refractivity contribution in [3.63, 3.8) is 0 Å². The molecule has 0 spiro atoms. The van der Waals surface area contributed by atoms with Crippen LogP contribution in [0.3, 0.4) is 0 Å². The van der Waals surface area contributed by atoms with Gasteiger partial charge in [-0.2, -0.15) is 0 Å². The Labute approximate surface area is 158 Å². The predicted molar refractivity (Wildman–Crippen MR) is 106 cm³/mol. The lowest BCUT2D eigenvalue weighted by Crippen LogP contribution is -2.27. The maximum atomic E-state index is 12.7. The number of rotatable bonds is 5. The third-order valence-electron chi connectivity index (χ3n) is 4.09. The molecule has 1 heterocycles. The lowest BCUT2D eigenvalue weighted by Gasteiger charge is -2.17. The van der Waals surface area contributed by atoms with E-state index in [2.05, 4.69) is 10.3 Å². The fourth-order valence-corrected chi connectivity index (χ4v) is 2.72. The van der Waals surface area contributed by atoms with Crippen molar-refractivity contribution >= 4 is 17.5 Å². The zero-order chi connectivity index (χ0) is 19.2. The van der Waals surface area contributed by atoms with Crippen molar-refractivity contribution in [3.05, 3.63) is 95.3 Å². The van der Waals surface area contributed by atoms with Crippen LogP contribution in [0.25, 0.3) is 0 Å². The number of carbonyl (C=O) groups excluding carboxylic acids is 2. The van der Waals surface area contributed by atoms with E-state index in [4.69, 9.17) is 0 Å². The van der Waals surface area contributed by atoms with E-state index >= 15 is 0 Å². The van der Waals surface area contributed by atoms with Crippen LogP contribution in [0.4, 0.5) is 5.69 Å². The molecule has 0 aliphatic heterocycles. The first kappa shape index (κ1) is 18.3. The van der Waals surface area contributed by atoms with Gasteiger partial charge in [0.15, 0.2) is 0 Å². The highest BCUT2D eigenvalue weighted by Gasteiger charge is 2.16. The first-order chi connectivity index (χ1) is 13.0. The van der Waals surface area contributed by atoms with Crippen molar-refractivity contribution in [3.8, 4) is 0 Å². The Balaban J connectivity index is 1.72. The summed E-state index contributed by atoms with van der Waals surface area (Å²) in [4.78, 5) is 31.0. The molecular weight excluding hydrogens is 338 g/mol. The molecule has 5 heteroatoms. The second-order valence-corrected chi connectivity index (χ2v) is 6.38. The summed E-state index contributed by atoms with van der Waals surface area (Å²) in [5, 5.41) is 2.81. The predicted octanol–water partition coefficient (Wildman–Crippen LogP) is 3.91. The number of nitrogens with zero attached hydrogens (tertiary/aromatic N) is 2. The third kappa shape index (κ3) is 4.79. The van der Waals surface area contributed by atoms with Crippen LogP contribution in [0.2, 0.25) is 0 Å². The molecule has 0 aliphatic carbocycles. The molecular formula is C22H21N3O2. The normalized spacial score (nSPS) is 10.3. The largest absolute Gasteiger partial charge is 0.336 e. The van der Waals surface area contributed by atoms with Crippen LogP contribution in [0.5, 0.6) is 0 Å². The lowest BCUT2D eigenvalue weighted by molar-refractivity contribution is 0.0779. The summed E-state index contributed by atoms with van der Waals surface area (Å²) in [6, 6.07) is 22.1. The zero-order valence-corrected chi connectivity index (χ0v) is 15.3. The van der Waals surface area contributed by atoms with Crippen LogP contribution in [0, 0.1) is 6.92 Å². The van der Waals surface area contributed by atoms with Gasteiger partial charge in [-0.25, -0.2) is 4.98 Å². The van der Waals surface area contributed by atoms with Crippen molar-refractivity contribution in [2.75, 3.05) is 12.4 Å². The first-order valence-corrected chi connectivity index (χ1v) is 8.67. The fraction of sp³-hybridized carbons (Fsp3) is 0.136. The summed E-state index contributed by atoms with van der Waals surface area (Å²) in [7, 11) is 1.72. The number of aryl methyl sites for hydroxylation is 1. The average molecular weight is 359 g/mol. The van der Waals surface area contributed by atoms with Gasteiger partial charge in [-0.05, 0) is 42.3 Å². The van der Waals surface area contributed by atoms with Crippen LogP contribution in [0.1, 0.15) is 32.1 Å². The molecule has 0 unspecified atom stereocenters. The topological polar surface area (TPSA) is 62.3 Å². The van der Waals surface area contributed by atoms with Crippen LogP contribution >= 0.6 is 0 Å². The van der Waals surface area contributed by atoms with E-state index in [1.54, 1.807) is 30.1 Å². The summed E-state index contributed by atoms with van der Waals surface area (Å²) in [6.45, 7) is 2.43. The van der Waals surface area contributed by atoms with Gasteiger partial charge in [0.25, 0.3) is 11.8 Å². The number of aromatic nitrogens is 1. The van der Waals surface area contributed by atoms with Crippen molar-refractivity contribution < 1.29 is 9.59 Å². The maximum Gasteiger partial charge on any atom is 0.274 e. The second-order valence-electron chi connectivity index (χ2n) is 6.38. The van der Waals surface area contributed by atoms with E-state index in [0.29, 0.717) is 12.2 Å². The Kier molecular flexibility index (Phi) is 5.61. The van der Waals surface area contributed by atoms with Crippen LogP contribution in [-0.4, -0.2) is 28.7 Å². The summed E-state index contributed by atoms with van der Waals surface area (Å²) in [5.41, 5.74) is 3.22. The molecule has 1 N–H and O–H groups in total. The SMILES string of the molecule is Cc1cccc(NC(=O)c2cccc(C(=O)N(C)Cc3ccccc3)n2)c1. The lowest BCUT2D eigenvalue weighted by atomic mass is 10.2. The van der Waals surface area contributed by atoms with Gasteiger partial charge in [0.2, 0.25) is 0 Å². The molecule has 3 aromatic rings. The summed E-state index contributed by atoms with van der Waals surface area (Å²) in [6.07, 6.45) is 0.